The van der Waals surface area contributed by atoms with Gasteiger partial charge in [-0.1, -0.05) is 5.16 Å². The maximum absolute atomic E-state index is 10.9. The Morgan fingerprint density at radius 3 is 3.18 bits per heavy atom. The molecule has 1 rings (SSSR count). The lowest BCUT2D eigenvalue weighted by molar-refractivity contribution is -0.129. The van der Waals surface area contributed by atoms with Crippen LogP contribution in [0, 0.1) is 0 Å². The highest BCUT2D eigenvalue weighted by atomic mass is 32.2. The Morgan fingerprint density at radius 1 is 1.82 bits per heavy atom. The number of hydrogen-bond acceptors (Lipinski definition) is 7. The van der Waals surface area contributed by atoms with Gasteiger partial charge in [-0.05, 0) is 6.26 Å². The van der Waals surface area contributed by atoms with Crippen LogP contribution in [-0.4, -0.2) is 40.4 Å². The number of thioether (sulfide) groups is 1. The van der Waals surface area contributed by atoms with Gasteiger partial charge in [0.05, 0.1) is 0 Å². The number of anilines is 1. The quantitative estimate of drug-likeness (QED) is 0.251. The van der Waals surface area contributed by atoms with Crippen molar-refractivity contribution in [1.29, 1.82) is 0 Å². The Morgan fingerprint density at radius 2 is 2.59 bits per heavy atom. The minimum Gasteiger partial charge on any atom is -0.476 e. The van der Waals surface area contributed by atoms with Gasteiger partial charge in [-0.25, -0.2) is 9.78 Å². The molecular formula is C8H9N3O4S2. The van der Waals surface area contributed by atoms with Crippen LogP contribution in [0.15, 0.2) is 10.5 Å². The molecule has 1 aromatic rings. The van der Waals surface area contributed by atoms with Crippen LogP contribution < -0.4 is 5.32 Å². The highest BCUT2D eigenvalue weighted by Gasteiger charge is 2.17. The topological polar surface area (TPSA) is 101 Å². The molecule has 9 heteroatoms. The third-order valence-corrected chi connectivity index (χ3v) is 2.57. The molecule has 0 fully saturated rings. The largest absolute Gasteiger partial charge is 0.476 e. The molecule has 1 aromatic heterocycles. The van der Waals surface area contributed by atoms with Gasteiger partial charge in [0.15, 0.2) is 11.1 Å². The number of amides is 1. The number of aliphatic carboxylic acids is 1. The number of thiazole rings is 1. The van der Waals surface area contributed by atoms with E-state index in [4.69, 9.17) is 9.94 Å². The molecule has 0 spiro atoms. The summed E-state index contributed by atoms with van der Waals surface area (Å²) >= 11 is 2.47. The van der Waals surface area contributed by atoms with Crippen molar-refractivity contribution in [3.63, 3.8) is 0 Å². The van der Waals surface area contributed by atoms with Crippen LogP contribution in [0.2, 0.25) is 0 Å². The van der Waals surface area contributed by atoms with E-state index in [0.717, 1.165) is 11.3 Å². The minimum atomic E-state index is -1.24. The molecule has 0 atom stereocenters. The van der Waals surface area contributed by atoms with E-state index in [1.54, 1.807) is 6.26 Å². The lowest BCUT2D eigenvalue weighted by atomic mass is 10.3. The van der Waals surface area contributed by atoms with Crippen LogP contribution >= 0.6 is 23.1 Å². The maximum Gasteiger partial charge on any atom is 0.360 e. The van der Waals surface area contributed by atoms with Gasteiger partial charge in [-0.15, -0.1) is 23.1 Å². The van der Waals surface area contributed by atoms with Crippen LogP contribution in [0.5, 0.6) is 0 Å². The highest BCUT2D eigenvalue weighted by Crippen LogP contribution is 2.15. The monoisotopic (exact) mass is 275 g/mol. The van der Waals surface area contributed by atoms with Crippen molar-refractivity contribution in [3.05, 3.63) is 11.1 Å². The standard InChI is InChI=1S/C8H9N3O4S2/c1-16-4-15-11-6(7(13)14)5-2-17-8(10-5)9-3-12/h2-3H,4H2,1H3,(H,13,14)(H,9,10,12). The molecule has 7 nitrogen and oxygen atoms in total. The van der Waals surface area contributed by atoms with Crippen LogP contribution in [0.4, 0.5) is 5.13 Å². The first-order chi connectivity index (χ1) is 8.19. The summed E-state index contributed by atoms with van der Waals surface area (Å²) in [6, 6.07) is 0. The van der Waals surface area contributed by atoms with Crippen molar-refractivity contribution in [2.75, 3.05) is 17.5 Å². The van der Waals surface area contributed by atoms with Crippen molar-refractivity contribution in [1.82, 2.24) is 4.98 Å². The molecule has 0 radical (unpaired) electrons. The first-order valence-corrected chi connectivity index (χ1v) is 6.54. The zero-order chi connectivity index (χ0) is 12.7. The number of nitrogens with one attached hydrogen (secondary N) is 1. The summed E-state index contributed by atoms with van der Waals surface area (Å²) in [5, 5.41) is 16.5. The van der Waals surface area contributed by atoms with Gasteiger partial charge < -0.3 is 15.3 Å². The average Bonchev–Trinajstić information content (AvgIpc) is 2.73. The van der Waals surface area contributed by atoms with Gasteiger partial charge in [0.25, 0.3) is 0 Å². The Balaban J connectivity index is 2.85. The van der Waals surface area contributed by atoms with E-state index < -0.39 is 5.97 Å². The summed E-state index contributed by atoms with van der Waals surface area (Å²) < 4.78 is 0. The molecular weight excluding hydrogens is 266 g/mol. The smallest absolute Gasteiger partial charge is 0.360 e. The summed E-state index contributed by atoms with van der Waals surface area (Å²) in [5.41, 5.74) is -0.151. The molecule has 0 unspecified atom stereocenters. The fourth-order valence-corrected chi connectivity index (χ4v) is 1.65. The van der Waals surface area contributed by atoms with E-state index in [-0.39, 0.29) is 17.3 Å². The molecule has 0 saturated carbocycles. The maximum atomic E-state index is 10.9. The van der Waals surface area contributed by atoms with Crippen LogP contribution in [0.1, 0.15) is 5.69 Å². The number of oxime groups is 1. The van der Waals surface area contributed by atoms with Crippen molar-refractivity contribution in [3.8, 4) is 0 Å². The molecule has 1 heterocycles. The second-order valence-electron chi connectivity index (χ2n) is 2.58. The zero-order valence-corrected chi connectivity index (χ0v) is 10.4. The van der Waals surface area contributed by atoms with E-state index in [1.165, 1.54) is 17.1 Å². The van der Waals surface area contributed by atoms with E-state index in [0.29, 0.717) is 11.5 Å². The number of aromatic nitrogens is 1. The molecule has 2 N–H and O–H groups in total. The third kappa shape index (κ3) is 4.04. The molecule has 1 amide bonds. The second-order valence-corrected chi connectivity index (χ2v) is 4.25. The van der Waals surface area contributed by atoms with E-state index in [1.807, 2.05) is 0 Å². The first-order valence-electron chi connectivity index (χ1n) is 4.27. The summed E-state index contributed by atoms with van der Waals surface area (Å²) in [6.45, 7) is 0. The van der Waals surface area contributed by atoms with E-state index >= 15 is 0 Å². The predicted molar refractivity (Wildman–Crippen MR) is 65.4 cm³/mol. The number of carboxylic acids is 1. The molecule has 17 heavy (non-hydrogen) atoms. The zero-order valence-electron chi connectivity index (χ0n) is 8.74. The van der Waals surface area contributed by atoms with E-state index in [2.05, 4.69) is 15.5 Å². The number of rotatable bonds is 7. The Hall–Kier alpha value is -1.61. The molecule has 0 aliphatic rings. The van der Waals surface area contributed by atoms with Crippen molar-refractivity contribution in [2.45, 2.75) is 0 Å². The highest BCUT2D eigenvalue weighted by molar-refractivity contribution is 7.98. The second kappa shape index (κ2) is 6.86. The molecule has 0 aliphatic carbocycles. The summed E-state index contributed by atoms with van der Waals surface area (Å²) in [5.74, 6) is -0.991. The molecule has 0 aliphatic heterocycles. The van der Waals surface area contributed by atoms with Gasteiger partial charge in [0, 0.05) is 5.38 Å². The third-order valence-electron chi connectivity index (χ3n) is 1.46. The number of hydrogen-bond donors (Lipinski definition) is 2. The fourth-order valence-electron chi connectivity index (χ4n) is 0.838. The Bertz CT molecular complexity index is 432. The first kappa shape index (κ1) is 13.5. The summed E-state index contributed by atoms with van der Waals surface area (Å²) in [7, 11) is 0. The molecule has 0 saturated heterocycles. The van der Waals surface area contributed by atoms with E-state index in [9.17, 15) is 9.59 Å². The van der Waals surface area contributed by atoms with Crippen molar-refractivity contribution < 1.29 is 19.5 Å². The molecule has 92 valence electrons. The lowest BCUT2D eigenvalue weighted by Gasteiger charge is -1.98. The Kier molecular flexibility index (Phi) is 5.43. The van der Waals surface area contributed by atoms with Gasteiger partial charge >= 0.3 is 5.97 Å². The predicted octanol–water partition coefficient (Wildman–Crippen LogP) is 0.837. The number of carbonyl (C=O) groups excluding carboxylic acids is 1. The van der Waals surface area contributed by atoms with Gasteiger partial charge in [-0.3, -0.25) is 4.79 Å². The fraction of sp³-hybridized carbons (Fsp3) is 0.250. The Labute approximate surface area is 105 Å². The number of nitrogens with zero attached hydrogens (tertiary/aromatic N) is 2. The molecule has 0 aromatic carbocycles. The minimum absolute atomic E-state index is 0.146. The summed E-state index contributed by atoms with van der Waals surface area (Å²) in [4.78, 5) is 29.8. The van der Waals surface area contributed by atoms with Gasteiger partial charge in [0.2, 0.25) is 12.1 Å². The van der Waals surface area contributed by atoms with Crippen LogP contribution in [-0.2, 0) is 14.4 Å². The number of carboxylic acid groups (broad SMARTS) is 1. The SMILES string of the molecule is CSCON=C(C(=O)O)c1csc(NC=O)n1. The number of carbonyl (C=O) groups is 2. The summed E-state index contributed by atoms with van der Waals surface area (Å²) in [6.07, 6.45) is 2.26. The van der Waals surface area contributed by atoms with Crippen molar-refractivity contribution >= 4 is 46.3 Å². The van der Waals surface area contributed by atoms with Crippen LogP contribution in [0.25, 0.3) is 0 Å². The van der Waals surface area contributed by atoms with Crippen LogP contribution in [0.3, 0.4) is 0 Å². The van der Waals surface area contributed by atoms with Crippen molar-refractivity contribution in [2.24, 2.45) is 5.16 Å². The molecule has 0 bridgehead atoms. The van der Waals surface area contributed by atoms with Gasteiger partial charge in [-0.2, -0.15) is 0 Å². The average molecular weight is 275 g/mol. The van der Waals surface area contributed by atoms with Gasteiger partial charge in [0.1, 0.15) is 5.69 Å². The normalized spacial score (nSPS) is 11.0. The lowest BCUT2D eigenvalue weighted by Crippen LogP contribution is -2.15.